The molecule has 0 aliphatic carbocycles. The number of aliphatic imine (C=N–C) groups is 1. The predicted octanol–water partition coefficient (Wildman–Crippen LogP) is 2.87. The maximum Gasteiger partial charge on any atom is 0.191 e. The first kappa shape index (κ1) is 18.3. The van der Waals surface area contributed by atoms with Gasteiger partial charge in [-0.15, -0.1) is 11.8 Å². The lowest BCUT2D eigenvalue weighted by Crippen LogP contribution is -2.39. The maximum absolute atomic E-state index is 8.88. The molecule has 3 N–H and O–H groups in total. The molecule has 0 aliphatic rings. The van der Waals surface area contributed by atoms with E-state index in [1.54, 1.807) is 11.8 Å². The summed E-state index contributed by atoms with van der Waals surface area (Å²) in [6.45, 7) is 8.48. The van der Waals surface area contributed by atoms with Gasteiger partial charge in [-0.3, -0.25) is 4.99 Å². The van der Waals surface area contributed by atoms with E-state index in [4.69, 9.17) is 5.11 Å². The summed E-state index contributed by atoms with van der Waals surface area (Å²) < 4.78 is 1.08. The molecular weight excluding hydrogens is 350 g/mol. The summed E-state index contributed by atoms with van der Waals surface area (Å²) in [5.74, 6) is 0.746. The molecule has 0 radical (unpaired) electrons. The van der Waals surface area contributed by atoms with Crippen molar-refractivity contribution in [3.05, 3.63) is 28.7 Å². The van der Waals surface area contributed by atoms with Crippen molar-refractivity contribution in [2.24, 2.45) is 4.99 Å². The van der Waals surface area contributed by atoms with Crippen LogP contribution in [0.5, 0.6) is 0 Å². The smallest absolute Gasteiger partial charge is 0.191 e. The molecule has 1 aromatic carbocycles. The molecule has 0 fully saturated rings. The number of rotatable bonds is 7. The summed E-state index contributed by atoms with van der Waals surface area (Å²) in [5, 5.41) is 15.1. The van der Waals surface area contributed by atoms with Crippen LogP contribution in [0, 0.1) is 0 Å². The third-order valence-corrected chi connectivity index (χ3v) is 4.29. The van der Waals surface area contributed by atoms with Crippen molar-refractivity contribution in [1.29, 1.82) is 0 Å². The van der Waals surface area contributed by atoms with E-state index >= 15 is 0 Å². The molecule has 1 rings (SSSR count). The second-order valence-corrected chi connectivity index (χ2v) is 7.86. The van der Waals surface area contributed by atoms with Gasteiger partial charge in [0.2, 0.25) is 0 Å². The van der Waals surface area contributed by atoms with Crippen LogP contribution in [0.2, 0.25) is 0 Å². The van der Waals surface area contributed by atoms with Gasteiger partial charge in [-0.25, -0.2) is 0 Å². The highest BCUT2D eigenvalue weighted by Gasteiger charge is 2.19. The van der Waals surface area contributed by atoms with Crippen molar-refractivity contribution in [3.63, 3.8) is 0 Å². The molecule has 0 spiro atoms. The quantitative estimate of drug-likeness (QED) is 0.390. The van der Waals surface area contributed by atoms with Gasteiger partial charge in [0, 0.05) is 27.2 Å². The van der Waals surface area contributed by atoms with Gasteiger partial charge in [0.05, 0.1) is 13.2 Å². The summed E-state index contributed by atoms with van der Waals surface area (Å²) in [6.07, 6.45) is 0. The van der Waals surface area contributed by atoms with Crippen molar-refractivity contribution >= 4 is 33.7 Å². The molecule has 118 valence electrons. The number of guanidine groups is 1. The van der Waals surface area contributed by atoms with E-state index in [-0.39, 0.29) is 11.4 Å². The lowest BCUT2D eigenvalue weighted by molar-refractivity contribution is 0.300. The zero-order valence-corrected chi connectivity index (χ0v) is 15.2. The summed E-state index contributed by atoms with van der Waals surface area (Å²) in [7, 11) is 0. The normalized spacial score (nSPS) is 12.3. The minimum atomic E-state index is -0.00457. The van der Waals surface area contributed by atoms with E-state index < -0.39 is 0 Å². The Kier molecular flexibility index (Phi) is 8.14. The van der Waals surface area contributed by atoms with Gasteiger partial charge in [-0.1, -0.05) is 15.9 Å². The first-order valence-electron chi connectivity index (χ1n) is 7.04. The molecule has 1 aromatic rings. The average molecular weight is 374 g/mol. The monoisotopic (exact) mass is 373 g/mol. The van der Waals surface area contributed by atoms with Crippen molar-refractivity contribution in [2.75, 3.05) is 26.2 Å². The van der Waals surface area contributed by atoms with Crippen molar-refractivity contribution in [3.8, 4) is 0 Å². The highest BCUT2D eigenvalue weighted by atomic mass is 79.9. The second kappa shape index (κ2) is 9.33. The number of nitrogens with zero attached hydrogens (tertiary/aromatic N) is 1. The largest absolute Gasteiger partial charge is 0.395 e. The Hall–Kier alpha value is -0.720. The van der Waals surface area contributed by atoms with Gasteiger partial charge < -0.3 is 15.7 Å². The lowest BCUT2D eigenvalue weighted by Gasteiger charge is -2.22. The lowest BCUT2D eigenvalue weighted by atomic mass is 10.2. The fourth-order valence-corrected chi connectivity index (χ4v) is 2.94. The van der Waals surface area contributed by atoms with Gasteiger partial charge in [0.15, 0.2) is 5.96 Å². The van der Waals surface area contributed by atoms with E-state index in [0.29, 0.717) is 13.1 Å². The molecule has 0 aliphatic heterocycles. The number of aliphatic hydroxyl groups excluding tert-OH is 1. The first-order chi connectivity index (χ1) is 9.96. The van der Waals surface area contributed by atoms with E-state index in [9.17, 15) is 0 Å². The third kappa shape index (κ3) is 7.74. The standard InChI is InChI=1S/C15H24BrN3OS/c1-4-17-14(18-9-10-20)19-11-15(2,3)21-13-7-5-12(16)6-8-13/h5-8,20H,4,9-11H2,1-3H3,(H2,17,18,19). The molecule has 0 saturated carbocycles. The van der Waals surface area contributed by atoms with Gasteiger partial charge in [-0.05, 0) is 45.0 Å². The van der Waals surface area contributed by atoms with E-state index in [1.807, 2.05) is 6.92 Å². The Morgan fingerprint density at radius 1 is 1.29 bits per heavy atom. The van der Waals surface area contributed by atoms with Crippen LogP contribution in [0.3, 0.4) is 0 Å². The number of nitrogens with one attached hydrogen (secondary N) is 2. The highest BCUT2D eigenvalue weighted by molar-refractivity contribution is 9.10. The Balaban J connectivity index is 2.62. The van der Waals surface area contributed by atoms with Crippen LogP contribution >= 0.6 is 27.7 Å². The van der Waals surface area contributed by atoms with Crippen LogP contribution in [-0.2, 0) is 0 Å². The van der Waals surface area contributed by atoms with Crippen LogP contribution < -0.4 is 10.6 Å². The van der Waals surface area contributed by atoms with Crippen molar-refractivity contribution in [2.45, 2.75) is 30.4 Å². The minimum Gasteiger partial charge on any atom is -0.395 e. The topological polar surface area (TPSA) is 56.7 Å². The zero-order chi connectivity index (χ0) is 15.7. The van der Waals surface area contributed by atoms with Crippen LogP contribution in [-0.4, -0.2) is 42.1 Å². The minimum absolute atomic E-state index is 0.00457. The second-order valence-electron chi connectivity index (χ2n) is 5.16. The van der Waals surface area contributed by atoms with Crippen LogP contribution in [0.25, 0.3) is 0 Å². The molecule has 4 nitrogen and oxygen atoms in total. The van der Waals surface area contributed by atoms with Gasteiger partial charge in [-0.2, -0.15) is 0 Å². The number of hydrogen-bond donors (Lipinski definition) is 3. The Bertz CT molecular complexity index is 449. The molecule has 0 amide bonds. The highest BCUT2D eigenvalue weighted by Crippen LogP contribution is 2.33. The fraction of sp³-hybridized carbons (Fsp3) is 0.533. The summed E-state index contributed by atoms with van der Waals surface area (Å²) >= 11 is 5.25. The third-order valence-electron chi connectivity index (χ3n) is 2.57. The van der Waals surface area contributed by atoms with Gasteiger partial charge in [0.1, 0.15) is 0 Å². The average Bonchev–Trinajstić information content (AvgIpc) is 2.44. The fourth-order valence-electron chi connectivity index (χ4n) is 1.64. The number of aliphatic hydroxyl groups is 1. The molecule has 0 heterocycles. The first-order valence-corrected chi connectivity index (χ1v) is 8.65. The summed E-state index contributed by atoms with van der Waals surface area (Å²) in [4.78, 5) is 5.82. The Morgan fingerprint density at radius 3 is 2.52 bits per heavy atom. The summed E-state index contributed by atoms with van der Waals surface area (Å²) in [5.41, 5.74) is 0. The van der Waals surface area contributed by atoms with E-state index in [2.05, 4.69) is 69.7 Å². The zero-order valence-electron chi connectivity index (χ0n) is 12.8. The molecular formula is C15H24BrN3OS. The van der Waals surface area contributed by atoms with E-state index in [0.717, 1.165) is 17.0 Å². The number of benzene rings is 1. The maximum atomic E-state index is 8.88. The van der Waals surface area contributed by atoms with Gasteiger partial charge >= 0.3 is 0 Å². The number of thioether (sulfide) groups is 1. The van der Waals surface area contributed by atoms with Crippen LogP contribution in [0.1, 0.15) is 20.8 Å². The van der Waals surface area contributed by atoms with E-state index in [1.165, 1.54) is 4.90 Å². The molecule has 0 unspecified atom stereocenters. The summed E-state index contributed by atoms with van der Waals surface area (Å²) in [6, 6.07) is 8.31. The molecule has 0 saturated heterocycles. The van der Waals surface area contributed by atoms with Gasteiger partial charge in [0.25, 0.3) is 0 Å². The molecule has 0 bridgehead atoms. The van der Waals surface area contributed by atoms with Crippen LogP contribution in [0.4, 0.5) is 0 Å². The molecule has 21 heavy (non-hydrogen) atoms. The molecule has 0 aromatic heterocycles. The predicted molar refractivity (Wildman–Crippen MR) is 95.1 cm³/mol. The van der Waals surface area contributed by atoms with Crippen molar-refractivity contribution < 1.29 is 5.11 Å². The van der Waals surface area contributed by atoms with Crippen molar-refractivity contribution in [1.82, 2.24) is 10.6 Å². The number of hydrogen-bond acceptors (Lipinski definition) is 3. The number of halogens is 1. The molecule has 0 atom stereocenters. The van der Waals surface area contributed by atoms with Crippen LogP contribution in [0.15, 0.2) is 38.6 Å². The SMILES string of the molecule is CCNC(=NCC(C)(C)Sc1ccc(Br)cc1)NCCO. The Morgan fingerprint density at radius 2 is 1.95 bits per heavy atom. The Labute approximate surface area is 139 Å². The molecule has 6 heteroatoms.